The van der Waals surface area contributed by atoms with Gasteiger partial charge in [0.15, 0.2) is 0 Å². The number of aromatic nitrogens is 2. The molecule has 5 heteroatoms. The molecule has 0 spiro atoms. The van der Waals surface area contributed by atoms with Crippen LogP contribution in [0, 0.1) is 0 Å². The van der Waals surface area contributed by atoms with Crippen LogP contribution in [0.2, 0.25) is 0 Å². The molecular weight excluding hydrogens is 252 g/mol. The Hall–Kier alpha value is -0.780. The lowest BCUT2D eigenvalue weighted by Crippen LogP contribution is -2.12. The minimum atomic E-state index is -0.541. The number of aliphatic hydroxyl groups excluding tert-OH is 1. The van der Waals surface area contributed by atoms with Crippen molar-refractivity contribution in [3.63, 3.8) is 0 Å². The first kappa shape index (κ1) is 12.7. The fraction of sp³-hybridized carbons (Fsp3) is 0.500. The van der Waals surface area contributed by atoms with Gasteiger partial charge in [-0.2, -0.15) is 0 Å². The highest BCUT2D eigenvalue weighted by Gasteiger charge is 2.19. The molecule has 2 aromatic heterocycles. The Labute approximate surface area is 109 Å². The van der Waals surface area contributed by atoms with Gasteiger partial charge in [-0.1, -0.05) is 20.8 Å². The van der Waals surface area contributed by atoms with Crippen molar-refractivity contribution in [3.8, 4) is 0 Å². The van der Waals surface area contributed by atoms with Gasteiger partial charge in [0.05, 0.1) is 21.9 Å². The van der Waals surface area contributed by atoms with Gasteiger partial charge >= 0.3 is 0 Å². The smallest absolute Gasteiger partial charge is 0.103 e. The fourth-order valence-corrected chi connectivity index (χ4v) is 3.07. The van der Waals surface area contributed by atoms with Crippen molar-refractivity contribution in [1.29, 1.82) is 0 Å². The van der Waals surface area contributed by atoms with E-state index >= 15 is 0 Å². The molecule has 0 bridgehead atoms. The first-order valence-corrected chi connectivity index (χ1v) is 7.30. The van der Waals surface area contributed by atoms with Gasteiger partial charge in [0, 0.05) is 22.6 Å². The molecule has 2 heterocycles. The molecule has 0 aromatic carbocycles. The van der Waals surface area contributed by atoms with Gasteiger partial charge in [-0.3, -0.25) is 0 Å². The number of rotatable bonds is 3. The highest BCUT2D eigenvalue weighted by Crippen LogP contribution is 2.26. The van der Waals surface area contributed by atoms with Crippen molar-refractivity contribution in [2.75, 3.05) is 0 Å². The highest BCUT2D eigenvalue weighted by atomic mass is 32.1. The molecule has 0 radical (unpaired) electrons. The zero-order chi connectivity index (χ0) is 12.5. The summed E-state index contributed by atoms with van der Waals surface area (Å²) in [6.07, 6.45) is 0.00465. The standard InChI is InChI=1S/C12H16N2OS2/c1-12(2,3)10-6-17-11(14-10)4-9(15)8-5-16-7-13-8/h5-7,9,15H,4H2,1-3H3. The monoisotopic (exact) mass is 268 g/mol. The maximum atomic E-state index is 9.99. The molecule has 92 valence electrons. The van der Waals surface area contributed by atoms with E-state index in [1.165, 1.54) is 11.3 Å². The van der Waals surface area contributed by atoms with E-state index < -0.39 is 6.10 Å². The van der Waals surface area contributed by atoms with Crippen LogP contribution in [-0.2, 0) is 11.8 Å². The zero-order valence-electron chi connectivity index (χ0n) is 10.2. The molecular formula is C12H16N2OS2. The zero-order valence-corrected chi connectivity index (χ0v) is 11.8. The second-order valence-electron chi connectivity index (χ2n) is 5.01. The maximum absolute atomic E-state index is 9.99. The minimum Gasteiger partial charge on any atom is -0.386 e. The van der Waals surface area contributed by atoms with Crippen molar-refractivity contribution in [2.24, 2.45) is 0 Å². The van der Waals surface area contributed by atoms with E-state index in [0.29, 0.717) is 6.42 Å². The van der Waals surface area contributed by atoms with Crippen molar-refractivity contribution in [3.05, 3.63) is 32.7 Å². The molecule has 0 fully saturated rings. The Bertz CT molecular complexity index is 471. The maximum Gasteiger partial charge on any atom is 0.103 e. The van der Waals surface area contributed by atoms with Crippen LogP contribution in [0.1, 0.15) is 43.3 Å². The number of nitrogens with zero attached hydrogens (tertiary/aromatic N) is 2. The van der Waals surface area contributed by atoms with E-state index in [9.17, 15) is 5.11 Å². The first-order valence-electron chi connectivity index (χ1n) is 5.48. The molecule has 2 rings (SSSR count). The molecule has 1 N–H and O–H groups in total. The van der Waals surface area contributed by atoms with Gasteiger partial charge in [0.1, 0.15) is 6.10 Å². The number of hydrogen-bond acceptors (Lipinski definition) is 5. The Kier molecular flexibility index (Phi) is 3.61. The minimum absolute atomic E-state index is 0.0698. The first-order chi connectivity index (χ1) is 7.97. The van der Waals surface area contributed by atoms with E-state index in [1.807, 2.05) is 5.38 Å². The lowest BCUT2D eigenvalue weighted by molar-refractivity contribution is 0.174. The normalized spacial score (nSPS) is 13.9. The lowest BCUT2D eigenvalue weighted by atomic mass is 9.93. The summed E-state index contributed by atoms with van der Waals surface area (Å²) in [5.41, 5.74) is 3.63. The molecule has 1 atom stereocenters. The SMILES string of the molecule is CC(C)(C)c1csc(CC(O)c2cscn2)n1. The topological polar surface area (TPSA) is 46.0 Å². The van der Waals surface area contributed by atoms with Crippen molar-refractivity contribution >= 4 is 22.7 Å². The second-order valence-corrected chi connectivity index (χ2v) is 6.67. The van der Waals surface area contributed by atoms with E-state index in [4.69, 9.17) is 0 Å². The molecule has 2 aromatic rings. The number of aliphatic hydroxyl groups is 1. The molecule has 17 heavy (non-hydrogen) atoms. The Morgan fingerprint density at radius 2 is 2.12 bits per heavy atom. The van der Waals surface area contributed by atoms with Crippen molar-refractivity contribution in [2.45, 2.75) is 38.7 Å². The average molecular weight is 268 g/mol. The molecule has 0 aliphatic carbocycles. The van der Waals surface area contributed by atoms with Gasteiger partial charge in [-0.25, -0.2) is 9.97 Å². The van der Waals surface area contributed by atoms with E-state index in [2.05, 4.69) is 36.1 Å². The third-order valence-corrected chi connectivity index (χ3v) is 3.96. The van der Waals surface area contributed by atoms with Crippen molar-refractivity contribution < 1.29 is 5.11 Å². The summed E-state index contributed by atoms with van der Waals surface area (Å²) in [6.45, 7) is 6.42. The molecule has 3 nitrogen and oxygen atoms in total. The van der Waals surface area contributed by atoms with E-state index in [0.717, 1.165) is 16.4 Å². The lowest BCUT2D eigenvalue weighted by Gasteiger charge is -2.14. The third-order valence-electron chi connectivity index (χ3n) is 2.48. The number of thiazole rings is 2. The van der Waals surface area contributed by atoms with Crippen LogP contribution in [0.3, 0.4) is 0 Å². The molecule has 0 aliphatic heterocycles. The highest BCUT2D eigenvalue weighted by molar-refractivity contribution is 7.09. The molecule has 0 saturated heterocycles. The van der Waals surface area contributed by atoms with Crippen LogP contribution in [-0.4, -0.2) is 15.1 Å². The Morgan fingerprint density at radius 1 is 1.35 bits per heavy atom. The van der Waals surface area contributed by atoms with Gasteiger partial charge in [0.2, 0.25) is 0 Å². The Balaban J connectivity index is 2.07. The van der Waals surface area contributed by atoms with Crippen LogP contribution in [0.25, 0.3) is 0 Å². The molecule has 0 aliphatic rings. The molecule has 0 amide bonds. The summed E-state index contributed by atoms with van der Waals surface area (Å²) >= 11 is 3.11. The van der Waals surface area contributed by atoms with Gasteiger partial charge in [0.25, 0.3) is 0 Å². The van der Waals surface area contributed by atoms with Crippen LogP contribution < -0.4 is 0 Å². The van der Waals surface area contributed by atoms with Gasteiger partial charge in [-0.05, 0) is 0 Å². The summed E-state index contributed by atoms with van der Waals surface area (Å²) in [6, 6.07) is 0. The van der Waals surface area contributed by atoms with Crippen LogP contribution in [0.5, 0.6) is 0 Å². The summed E-state index contributed by atoms with van der Waals surface area (Å²) in [5.74, 6) is 0. The number of hydrogen-bond donors (Lipinski definition) is 1. The molecule has 0 saturated carbocycles. The van der Waals surface area contributed by atoms with Crippen LogP contribution >= 0.6 is 22.7 Å². The predicted molar refractivity (Wildman–Crippen MR) is 71.6 cm³/mol. The second kappa shape index (κ2) is 4.84. The van der Waals surface area contributed by atoms with Crippen LogP contribution in [0.15, 0.2) is 16.3 Å². The summed E-state index contributed by atoms with van der Waals surface area (Å²) in [4.78, 5) is 8.68. The summed E-state index contributed by atoms with van der Waals surface area (Å²) in [5, 5.41) is 14.9. The largest absolute Gasteiger partial charge is 0.386 e. The quantitative estimate of drug-likeness (QED) is 0.930. The van der Waals surface area contributed by atoms with E-state index in [-0.39, 0.29) is 5.41 Å². The van der Waals surface area contributed by atoms with Crippen LogP contribution in [0.4, 0.5) is 0 Å². The van der Waals surface area contributed by atoms with Crippen molar-refractivity contribution in [1.82, 2.24) is 9.97 Å². The predicted octanol–water partition coefficient (Wildman–Crippen LogP) is 3.17. The Morgan fingerprint density at radius 3 is 2.65 bits per heavy atom. The summed E-state index contributed by atoms with van der Waals surface area (Å²) in [7, 11) is 0. The van der Waals surface area contributed by atoms with Gasteiger partial charge < -0.3 is 5.11 Å². The van der Waals surface area contributed by atoms with E-state index in [1.54, 1.807) is 16.8 Å². The van der Waals surface area contributed by atoms with Gasteiger partial charge in [-0.15, -0.1) is 22.7 Å². The summed E-state index contributed by atoms with van der Waals surface area (Å²) < 4.78 is 0. The third kappa shape index (κ3) is 3.12. The fourth-order valence-electron chi connectivity index (χ4n) is 1.41. The molecule has 1 unspecified atom stereocenters. The average Bonchev–Trinajstić information content (AvgIpc) is 2.85.